The van der Waals surface area contributed by atoms with E-state index >= 15 is 0 Å². The number of carbonyl (C=O) groups excluding carboxylic acids is 2. The Morgan fingerprint density at radius 3 is 2.71 bits per heavy atom. The topological polar surface area (TPSA) is 110 Å². The summed E-state index contributed by atoms with van der Waals surface area (Å²) in [4.78, 5) is 30.4. The summed E-state index contributed by atoms with van der Waals surface area (Å²) in [7, 11) is 1.47. The Kier molecular flexibility index (Phi) is 7.88. The molecule has 198 valence electrons. The molecule has 2 amide bonds. The molecule has 0 saturated heterocycles. The average molecular weight is 534 g/mol. The highest BCUT2D eigenvalue weighted by Crippen LogP contribution is 2.33. The Bertz CT molecular complexity index is 1400. The summed E-state index contributed by atoms with van der Waals surface area (Å²) >= 11 is 1.52. The van der Waals surface area contributed by atoms with Crippen molar-refractivity contribution in [2.24, 2.45) is 0 Å². The maximum absolute atomic E-state index is 14.0. The summed E-state index contributed by atoms with van der Waals surface area (Å²) in [5, 5.41) is 24.1. The van der Waals surface area contributed by atoms with E-state index < -0.39 is 6.04 Å². The Morgan fingerprint density at radius 2 is 1.97 bits per heavy atom. The molecule has 9 nitrogen and oxygen atoms in total. The number of phenolic OH excluding ortho intramolecular Hbond substituents is 1. The van der Waals surface area contributed by atoms with E-state index in [0.717, 1.165) is 42.5 Å². The zero-order chi connectivity index (χ0) is 26.5. The summed E-state index contributed by atoms with van der Waals surface area (Å²) in [6.07, 6.45) is 5.12. The summed E-state index contributed by atoms with van der Waals surface area (Å²) in [6.45, 7) is 0.153. The second-order valence-electron chi connectivity index (χ2n) is 9.51. The van der Waals surface area contributed by atoms with Crippen LogP contribution in [0.4, 0.5) is 0 Å². The van der Waals surface area contributed by atoms with Crippen molar-refractivity contribution in [1.29, 1.82) is 0 Å². The monoisotopic (exact) mass is 533 g/mol. The van der Waals surface area contributed by atoms with Gasteiger partial charge in [0, 0.05) is 10.9 Å². The first kappa shape index (κ1) is 25.7. The molecule has 0 spiro atoms. The summed E-state index contributed by atoms with van der Waals surface area (Å²) in [6, 6.07) is 15.2. The first-order valence-corrected chi connectivity index (χ1v) is 13.7. The predicted molar refractivity (Wildman–Crippen MR) is 145 cm³/mol. The number of amides is 2. The molecule has 2 N–H and O–H groups in total. The van der Waals surface area contributed by atoms with Crippen LogP contribution in [0.25, 0.3) is 11.0 Å². The quantitative estimate of drug-likeness (QED) is 0.330. The zero-order valence-corrected chi connectivity index (χ0v) is 22.1. The van der Waals surface area contributed by atoms with Crippen molar-refractivity contribution in [2.45, 2.75) is 57.3 Å². The molecule has 4 aromatic rings. The highest BCUT2D eigenvalue weighted by molar-refractivity contribution is 7.09. The second-order valence-corrected chi connectivity index (χ2v) is 10.5. The molecule has 2 aromatic heterocycles. The van der Waals surface area contributed by atoms with Gasteiger partial charge in [0.05, 0.1) is 19.2 Å². The number of methoxy groups -OCH3 is 1. The first-order valence-electron chi connectivity index (χ1n) is 12.8. The minimum atomic E-state index is -0.960. The van der Waals surface area contributed by atoms with Gasteiger partial charge in [0.2, 0.25) is 11.8 Å². The number of phenols is 1. The maximum Gasteiger partial charge on any atom is 0.247 e. The van der Waals surface area contributed by atoms with Gasteiger partial charge in [-0.3, -0.25) is 9.59 Å². The number of aromatic nitrogens is 3. The largest absolute Gasteiger partial charge is 0.504 e. The van der Waals surface area contributed by atoms with Gasteiger partial charge in [-0.1, -0.05) is 48.7 Å². The van der Waals surface area contributed by atoms with Crippen LogP contribution in [-0.4, -0.2) is 50.0 Å². The third-order valence-corrected chi connectivity index (χ3v) is 7.82. The molecule has 1 aliphatic rings. The average Bonchev–Trinajstić information content (AvgIpc) is 3.59. The Morgan fingerprint density at radius 1 is 1.16 bits per heavy atom. The number of carbonyl (C=O) groups is 2. The number of rotatable bonds is 9. The van der Waals surface area contributed by atoms with Gasteiger partial charge in [-0.15, -0.1) is 16.4 Å². The lowest BCUT2D eigenvalue weighted by atomic mass is 9.94. The number of hydrogen-bond acceptors (Lipinski definition) is 7. The number of nitrogens with one attached hydrogen (secondary N) is 1. The van der Waals surface area contributed by atoms with Crippen LogP contribution in [0.3, 0.4) is 0 Å². The smallest absolute Gasteiger partial charge is 0.247 e. The van der Waals surface area contributed by atoms with E-state index in [9.17, 15) is 14.7 Å². The van der Waals surface area contributed by atoms with Crippen LogP contribution < -0.4 is 10.1 Å². The lowest BCUT2D eigenvalue weighted by Crippen LogP contribution is -2.47. The molecule has 1 atom stereocenters. The lowest BCUT2D eigenvalue weighted by molar-refractivity contribution is -0.142. The Labute approximate surface area is 225 Å². The molecule has 2 aromatic carbocycles. The Balaban J connectivity index is 1.52. The van der Waals surface area contributed by atoms with Gasteiger partial charge in [0.15, 0.2) is 11.5 Å². The minimum absolute atomic E-state index is 0.0588. The molecule has 10 heteroatoms. The second kappa shape index (κ2) is 11.6. The number of fused-ring (bicyclic) bond motifs is 1. The van der Waals surface area contributed by atoms with Crippen LogP contribution in [0, 0.1) is 0 Å². The van der Waals surface area contributed by atoms with Crippen LogP contribution in [0.5, 0.6) is 11.5 Å². The highest BCUT2D eigenvalue weighted by Gasteiger charge is 2.34. The molecule has 2 heterocycles. The molecule has 1 aliphatic carbocycles. The number of para-hydroxylation sites is 1. The van der Waals surface area contributed by atoms with Gasteiger partial charge in [-0.2, -0.15) is 0 Å². The molecule has 0 aliphatic heterocycles. The highest BCUT2D eigenvalue weighted by atomic mass is 32.1. The fourth-order valence-electron chi connectivity index (χ4n) is 5.02. The van der Waals surface area contributed by atoms with Gasteiger partial charge in [0.1, 0.15) is 18.1 Å². The summed E-state index contributed by atoms with van der Waals surface area (Å²) in [5.41, 5.74) is 1.93. The number of nitrogens with zero attached hydrogens (tertiary/aromatic N) is 4. The summed E-state index contributed by atoms with van der Waals surface area (Å²) in [5.74, 6) is -0.348. The van der Waals surface area contributed by atoms with Gasteiger partial charge < -0.3 is 20.1 Å². The van der Waals surface area contributed by atoms with Gasteiger partial charge in [0.25, 0.3) is 0 Å². The molecule has 38 heavy (non-hydrogen) atoms. The van der Waals surface area contributed by atoms with Crippen molar-refractivity contribution in [3.05, 3.63) is 70.4 Å². The van der Waals surface area contributed by atoms with E-state index in [-0.39, 0.29) is 36.7 Å². The third-order valence-electron chi connectivity index (χ3n) is 6.96. The SMILES string of the molecule is COc1ccc(C(C(=O)NC2CCCCC2)N(Cc2cccs2)C(=O)Cn2nnc3ccccc32)cc1O. The van der Waals surface area contributed by atoms with Gasteiger partial charge in [-0.25, -0.2) is 4.68 Å². The first-order chi connectivity index (χ1) is 18.5. The maximum atomic E-state index is 14.0. The van der Waals surface area contributed by atoms with E-state index in [1.807, 2.05) is 41.8 Å². The molecular formula is C28H31N5O4S. The van der Waals surface area contributed by atoms with Crippen molar-refractivity contribution in [3.8, 4) is 11.5 Å². The number of aromatic hydroxyl groups is 1. The molecular weight excluding hydrogens is 502 g/mol. The van der Waals surface area contributed by atoms with Crippen LogP contribution >= 0.6 is 11.3 Å². The van der Waals surface area contributed by atoms with E-state index in [1.54, 1.807) is 21.7 Å². The standard InChI is InChI=1S/C28H31N5O4S/c1-37-25-14-13-19(16-24(25)34)27(28(36)29-20-8-3-2-4-9-20)32(17-21-10-7-15-38-21)26(35)18-33-23-12-6-5-11-22(23)30-31-33/h5-7,10-16,20,27,34H,2-4,8-9,17-18H2,1H3,(H,29,36). The molecule has 1 saturated carbocycles. The van der Waals surface area contributed by atoms with Crippen LogP contribution in [0.1, 0.15) is 48.6 Å². The fraction of sp³-hybridized carbons (Fsp3) is 0.357. The number of ether oxygens (including phenoxy) is 1. The van der Waals surface area contributed by atoms with E-state index in [4.69, 9.17) is 4.74 Å². The summed E-state index contributed by atoms with van der Waals surface area (Å²) < 4.78 is 6.77. The van der Waals surface area contributed by atoms with Crippen LogP contribution in [0.15, 0.2) is 60.0 Å². The van der Waals surface area contributed by atoms with Crippen molar-refractivity contribution in [3.63, 3.8) is 0 Å². The molecule has 1 unspecified atom stereocenters. The Hall–Kier alpha value is -3.92. The van der Waals surface area contributed by atoms with E-state index in [0.29, 0.717) is 16.8 Å². The molecule has 1 fully saturated rings. The van der Waals surface area contributed by atoms with Crippen LogP contribution in [0.2, 0.25) is 0 Å². The van der Waals surface area contributed by atoms with Gasteiger partial charge in [-0.05, 0) is 54.1 Å². The minimum Gasteiger partial charge on any atom is -0.504 e. The molecule has 5 rings (SSSR count). The van der Waals surface area contributed by atoms with E-state index in [2.05, 4.69) is 15.6 Å². The number of benzene rings is 2. The van der Waals surface area contributed by atoms with Crippen molar-refractivity contribution < 1.29 is 19.4 Å². The van der Waals surface area contributed by atoms with Crippen molar-refractivity contribution >= 4 is 34.2 Å². The molecule has 0 radical (unpaired) electrons. The van der Waals surface area contributed by atoms with Crippen LogP contribution in [-0.2, 0) is 22.7 Å². The zero-order valence-electron chi connectivity index (χ0n) is 21.2. The fourth-order valence-corrected chi connectivity index (χ4v) is 5.73. The number of hydrogen-bond donors (Lipinski definition) is 2. The van der Waals surface area contributed by atoms with Crippen molar-refractivity contribution in [2.75, 3.05) is 7.11 Å². The third kappa shape index (κ3) is 5.65. The normalized spacial score (nSPS) is 14.8. The number of thiophene rings is 1. The van der Waals surface area contributed by atoms with E-state index in [1.165, 1.54) is 24.5 Å². The van der Waals surface area contributed by atoms with Gasteiger partial charge >= 0.3 is 0 Å². The molecule has 0 bridgehead atoms. The predicted octanol–water partition coefficient (Wildman–Crippen LogP) is 4.43. The van der Waals surface area contributed by atoms with Crippen molar-refractivity contribution in [1.82, 2.24) is 25.2 Å². The lowest BCUT2D eigenvalue weighted by Gasteiger charge is -2.33.